The van der Waals surface area contributed by atoms with Crippen LogP contribution < -0.4 is 5.32 Å². The number of nitrogens with zero attached hydrogens (tertiary/aromatic N) is 2. The number of carbonyl (C=O) groups is 1. The molecule has 0 spiro atoms. The van der Waals surface area contributed by atoms with Crippen LogP contribution in [0.15, 0.2) is 42.7 Å². The van der Waals surface area contributed by atoms with Crippen molar-refractivity contribution in [1.82, 2.24) is 15.3 Å². The van der Waals surface area contributed by atoms with Crippen LogP contribution in [0, 0.1) is 5.41 Å². The van der Waals surface area contributed by atoms with Gasteiger partial charge in [-0.15, -0.1) is 0 Å². The number of aliphatic hydroxyl groups excluding tert-OH is 1. The highest BCUT2D eigenvalue weighted by molar-refractivity contribution is 5.93. The normalized spacial score (nSPS) is 11.3. The molecular formula is C19H25N3O2. The van der Waals surface area contributed by atoms with Gasteiger partial charge in [-0.05, 0) is 24.7 Å². The van der Waals surface area contributed by atoms with Gasteiger partial charge in [-0.2, -0.15) is 0 Å². The van der Waals surface area contributed by atoms with Crippen LogP contribution in [0.3, 0.4) is 0 Å². The molecule has 0 atom stereocenters. The molecule has 2 rings (SSSR count). The first-order valence-electron chi connectivity index (χ1n) is 8.40. The Labute approximate surface area is 143 Å². The van der Waals surface area contributed by atoms with Crippen molar-refractivity contribution in [3.05, 3.63) is 48.3 Å². The van der Waals surface area contributed by atoms with Gasteiger partial charge in [-0.3, -0.25) is 4.79 Å². The van der Waals surface area contributed by atoms with Gasteiger partial charge < -0.3 is 10.4 Å². The van der Waals surface area contributed by atoms with Gasteiger partial charge >= 0.3 is 0 Å². The number of carbonyl (C=O) groups excluding carboxylic acids is 1. The lowest BCUT2D eigenvalue weighted by Gasteiger charge is -2.31. The lowest BCUT2D eigenvalue weighted by molar-refractivity contribution is 0.0906. The second-order valence-electron chi connectivity index (χ2n) is 6.02. The molecule has 1 heterocycles. The average Bonchev–Trinajstić information content (AvgIpc) is 2.66. The summed E-state index contributed by atoms with van der Waals surface area (Å²) >= 11 is 0. The summed E-state index contributed by atoms with van der Waals surface area (Å²) in [6, 6.07) is 9.65. The van der Waals surface area contributed by atoms with Crippen molar-refractivity contribution < 1.29 is 9.90 Å². The first-order chi connectivity index (χ1) is 11.6. The minimum Gasteiger partial charge on any atom is -0.396 e. The molecule has 0 aliphatic carbocycles. The van der Waals surface area contributed by atoms with Crippen LogP contribution in [0.25, 0.3) is 11.4 Å². The van der Waals surface area contributed by atoms with E-state index >= 15 is 0 Å². The number of hydrogen-bond acceptors (Lipinski definition) is 4. The highest BCUT2D eigenvalue weighted by Crippen LogP contribution is 2.29. The monoisotopic (exact) mass is 327 g/mol. The molecule has 0 aliphatic rings. The molecule has 0 saturated carbocycles. The third kappa shape index (κ3) is 4.38. The highest BCUT2D eigenvalue weighted by Gasteiger charge is 2.26. The van der Waals surface area contributed by atoms with Gasteiger partial charge in [-0.25, -0.2) is 9.97 Å². The second kappa shape index (κ2) is 8.55. The molecule has 5 heteroatoms. The molecule has 24 heavy (non-hydrogen) atoms. The molecule has 1 amide bonds. The summed E-state index contributed by atoms with van der Waals surface area (Å²) in [5.74, 6) is 0.419. The molecule has 2 aromatic rings. The number of hydrogen-bond donors (Lipinski definition) is 2. The summed E-state index contributed by atoms with van der Waals surface area (Å²) < 4.78 is 0. The second-order valence-corrected chi connectivity index (χ2v) is 6.02. The molecule has 2 N–H and O–H groups in total. The standard InChI is InChI=1S/C19H25N3O2/c1-3-19(4-2,10-11-23)14-22-18(24)16-12-20-17(21-13-16)15-8-6-5-7-9-15/h5-9,12-13,23H,3-4,10-11,14H2,1-2H3,(H,22,24). The summed E-state index contributed by atoms with van der Waals surface area (Å²) in [6.45, 7) is 4.85. The van der Waals surface area contributed by atoms with Crippen LogP contribution in [-0.2, 0) is 0 Å². The molecule has 0 unspecified atom stereocenters. The van der Waals surface area contributed by atoms with Crippen LogP contribution in [-0.4, -0.2) is 34.1 Å². The molecule has 0 fully saturated rings. The highest BCUT2D eigenvalue weighted by atomic mass is 16.3. The number of benzene rings is 1. The summed E-state index contributed by atoms with van der Waals surface area (Å²) in [7, 11) is 0. The van der Waals surface area contributed by atoms with Crippen molar-refractivity contribution in [2.24, 2.45) is 5.41 Å². The largest absolute Gasteiger partial charge is 0.396 e. The lowest BCUT2D eigenvalue weighted by Crippen LogP contribution is -2.37. The fraction of sp³-hybridized carbons (Fsp3) is 0.421. The van der Waals surface area contributed by atoms with Crippen molar-refractivity contribution in [2.45, 2.75) is 33.1 Å². The van der Waals surface area contributed by atoms with Gasteiger partial charge in [0.1, 0.15) is 0 Å². The Balaban J connectivity index is 2.02. The van der Waals surface area contributed by atoms with Crippen LogP contribution in [0.2, 0.25) is 0 Å². The fourth-order valence-corrected chi connectivity index (χ4v) is 2.73. The van der Waals surface area contributed by atoms with Gasteiger partial charge in [0.05, 0.1) is 5.56 Å². The fourth-order valence-electron chi connectivity index (χ4n) is 2.73. The maximum Gasteiger partial charge on any atom is 0.254 e. The minimum atomic E-state index is -0.182. The molecule has 0 aliphatic heterocycles. The van der Waals surface area contributed by atoms with E-state index in [9.17, 15) is 9.90 Å². The van der Waals surface area contributed by atoms with Crippen molar-refractivity contribution in [2.75, 3.05) is 13.2 Å². The number of rotatable bonds is 8. The molecule has 0 radical (unpaired) electrons. The summed E-state index contributed by atoms with van der Waals surface area (Å²) in [5, 5.41) is 12.2. The Morgan fingerprint density at radius 2 is 1.75 bits per heavy atom. The molecule has 1 aromatic carbocycles. The average molecular weight is 327 g/mol. The van der Waals surface area contributed by atoms with Crippen LogP contribution >= 0.6 is 0 Å². The van der Waals surface area contributed by atoms with E-state index in [-0.39, 0.29) is 17.9 Å². The zero-order valence-electron chi connectivity index (χ0n) is 14.3. The third-order valence-corrected chi connectivity index (χ3v) is 4.71. The SMILES string of the molecule is CCC(CC)(CCO)CNC(=O)c1cnc(-c2ccccc2)nc1. The van der Waals surface area contributed by atoms with E-state index < -0.39 is 0 Å². The number of amides is 1. The lowest BCUT2D eigenvalue weighted by atomic mass is 9.79. The molecule has 128 valence electrons. The summed E-state index contributed by atoms with van der Waals surface area (Å²) in [6.07, 6.45) is 5.61. The Morgan fingerprint density at radius 3 is 2.29 bits per heavy atom. The van der Waals surface area contributed by atoms with Gasteiger partial charge in [0, 0.05) is 31.1 Å². The maximum atomic E-state index is 12.3. The minimum absolute atomic E-state index is 0.0603. The Kier molecular flexibility index (Phi) is 6.44. The number of aromatic nitrogens is 2. The van der Waals surface area contributed by atoms with Gasteiger partial charge in [0.2, 0.25) is 0 Å². The van der Waals surface area contributed by atoms with Gasteiger partial charge in [0.15, 0.2) is 5.82 Å². The van der Waals surface area contributed by atoms with E-state index in [1.54, 1.807) is 12.4 Å². The molecule has 0 saturated heterocycles. The van der Waals surface area contributed by atoms with E-state index in [4.69, 9.17) is 0 Å². The predicted molar refractivity (Wildman–Crippen MR) is 94.5 cm³/mol. The summed E-state index contributed by atoms with van der Waals surface area (Å²) in [4.78, 5) is 20.9. The smallest absolute Gasteiger partial charge is 0.254 e. The topological polar surface area (TPSA) is 75.1 Å². The number of aliphatic hydroxyl groups is 1. The van der Waals surface area contributed by atoms with Gasteiger partial charge in [0.25, 0.3) is 5.91 Å². The Bertz CT molecular complexity index is 637. The quantitative estimate of drug-likeness (QED) is 0.781. The Morgan fingerprint density at radius 1 is 1.12 bits per heavy atom. The molecule has 5 nitrogen and oxygen atoms in total. The first-order valence-corrected chi connectivity index (χ1v) is 8.40. The summed E-state index contributed by atoms with van der Waals surface area (Å²) in [5.41, 5.74) is 1.30. The van der Waals surface area contributed by atoms with E-state index in [1.165, 1.54) is 0 Å². The van der Waals surface area contributed by atoms with Gasteiger partial charge in [-0.1, -0.05) is 44.2 Å². The van der Waals surface area contributed by atoms with E-state index in [0.29, 0.717) is 24.4 Å². The maximum absolute atomic E-state index is 12.3. The Hall–Kier alpha value is -2.27. The van der Waals surface area contributed by atoms with Crippen LogP contribution in [0.1, 0.15) is 43.5 Å². The zero-order chi connectivity index (χ0) is 17.4. The molecule has 1 aromatic heterocycles. The predicted octanol–water partition coefficient (Wildman–Crippen LogP) is 3.06. The van der Waals surface area contributed by atoms with Crippen molar-refractivity contribution in [3.8, 4) is 11.4 Å². The van der Waals surface area contributed by atoms with Crippen molar-refractivity contribution >= 4 is 5.91 Å². The van der Waals surface area contributed by atoms with Crippen molar-refractivity contribution in [3.63, 3.8) is 0 Å². The van der Waals surface area contributed by atoms with Crippen LogP contribution in [0.5, 0.6) is 0 Å². The van der Waals surface area contributed by atoms with E-state index in [0.717, 1.165) is 18.4 Å². The van der Waals surface area contributed by atoms with E-state index in [1.807, 2.05) is 30.3 Å². The van der Waals surface area contributed by atoms with E-state index in [2.05, 4.69) is 29.1 Å². The third-order valence-electron chi connectivity index (χ3n) is 4.71. The zero-order valence-corrected chi connectivity index (χ0v) is 14.3. The first kappa shape index (κ1) is 18.1. The van der Waals surface area contributed by atoms with Crippen LogP contribution in [0.4, 0.5) is 0 Å². The molecule has 0 bridgehead atoms. The van der Waals surface area contributed by atoms with Crippen molar-refractivity contribution in [1.29, 1.82) is 0 Å². The molecular weight excluding hydrogens is 302 g/mol. The number of nitrogens with one attached hydrogen (secondary N) is 1.